The van der Waals surface area contributed by atoms with E-state index >= 15 is 0 Å². The molecule has 1 unspecified atom stereocenters. The van der Waals surface area contributed by atoms with Gasteiger partial charge >= 0.3 is 0 Å². The third kappa shape index (κ3) is 1.83. The van der Waals surface area contributed by atoms with Crippen LogP contribution in [0.4, 0.5) is 0 Å². The average molecular weight is 270 g/mol. The number of ketones is 4. The number of Topliss-reactive ketones (excluding diaryl/α,β-unsaturated/α-hetero) is 4. The topological polar surface area (TPSA) is 68.3 Å². The zero-order valence-corrected chi connectivity index (χ0v) is 10.9. The number of carbonyl (C=O) groups is 4. The van der Waals surface area contributed by atoms with Crippen LogP contribution in [0.2, 0.25) is 0 Å². The summed E-state index contributed by atoms with van der Waals surface area (Å²) in [6.07, 6.45) is 2.42. The highest BCUT2D eigenvalue weighted by Crippen LogP contribution is 2.32. The van der Waals surface area contributed by atoms with Crippen molar-refractivity contribution >= 4 is 23.1 Å². The molecule has 0 aromatic heterocycles. The fraction of sp³-hybridized carbons (Fsp3) is 0.375. The number of benzene rings is 1. The molecule has 102 valence electrons. The Morgan fingerprint density at radius 1 is 0.950 bits per heavy atom. The summed E-state index contributed by atoms with van der Waals surface area (Å²) < 4.78 is 0. The SMILES string of the molecule is O=C1CCCCC1C(=O)C1C(=O)c2ccccc2C1=O. The number of carbonyl (C=O) groups excluding carboxylic acids is 4. The fourth-order valence-corrected chi connectivity index (χ4v) is 3.09. The first kappa shape index (κ1) is 12.9. The first-order valence-electron chi connectivity index (χ1n) is 6.85. The third-order valence-corrected chi connectivity index (χ3v) is 4.16. The summed E-state index contributed by atoms with van der Waals surface area (Å²) in [5.41, 5.74) is 0.609. The second-order valence-electron chi connectivity index (χ2n) is 5.37. The van der Waals surface area contributed by atoms with E-state index in [0.717, 1.165) is 12.8 Å². The van der Waals surface area contributed by atoms with Gasteiger partial charge in [-0.25, -0.2) is 0 Å². The van der Waals surface area contributed by atoms with E-state index in [1.165, 1.54) is 0 Å². The van der Waals surface area contributed by atoms with Crippen LogP contribution in [0.1, 0.15) is 46.4 Å². The first-order chi connectivity index (χ1) is 9.61. The molecule has 2 aliphatic carbocycles. The summed E-state index contributed by atoms with van der Waals surface area (Å²) in [4.78, 5) is 48.8. The van der Waals surface area contributed by atoms with E-state index in [-0.39, 0.29) is 5.78 Å². The van der Waals surface area contributed by atoms with Crippen LogP contribution in [0, 0.1) is 11.8 Å². The van der Waals surface area contributed by atoms with E-state index in [1.54, 1.807) is 24.3 Å². The highest BCUT2D eigenvalue weighted by atomic mass is 16.2. The van der Waals surface area contributed by atoms with Crippen molar-refractivity contribution in [2.45, 2.75) is 25.7 Å². The van der Waals surface area contributed by atoms with Gasteiger partial charge in [-0.3, -0.25) is 19.2 Å². The molecule has 4 heteroatoms. The maximum atomic E-state index is 12.4. The molecule has 0 spiro atoms. The Bertz CT molecular complexity index is 594. The molecule has 0 heterocycles. The van der Waals surface area contributed by atoms with Crippen LogP contribution in [0.15, 0.2) is 24.3 Å². The van der Waals surface area contributed by atoms with Crippen molar-refractivity contribution in [2.24, 2.45) is 11.8 Å². The summed E-state index contributed by atoms with van der Waals surface area (Å²) in [5.74, 6) is -3.59. The summed E-state index contributed by atoms with van der Waals surface area (Å²) in [6, 6.07) is 6.46. The Morgan fingerprint density at radius 2 is 1.55 bits per heavy atom. The van der Waals surface area contributed by atoms with E-state index in [2.05, 4.69) is 0 Å². The van der Waals surface area contributed by atoms with Crippen LogP contribution >= 0.6 is 0 Å². The Morgan fingerprint density at radius 3 is 2.10 bits per heavy atom. The second-order valence-corrected chi connectivity index (χ2v) is 5.37. The lowest BCUT2D eigenvalue weighted by Gasteiger charge is -2.20. The molecule has 1 aromatic rings. The minimum atomic E-state index is -1.29. The lowest BCUT2D eigenvalue weighted by Crippen LogP contribution is -2.36. The van der Waals surface area contributed by atoms with Gasteiger partial charge in [0.25, 0.3) is 0 Å². The van der Waals surface area contributed by atoms with Crippen molar-refractivity contribution in [3.05, 3.63) is 35.4 Å². The Labute approximate surface area is 116 Å². The Balaban J connectivity index is 1.92. The van der Waals surface area contributed by atoms with E-state index in [0.29, 0.717) is 24.0 Å². The van der Waals surface area contributed by atoms with Gasteiger partial charge in [0.05, 0.1) is 5.92 Å². The molecule has 0 saturated heterocycles. The Kier molecular flexibility index (Phi) is 3.08. The second kappa shape index (κ2) is 4.78. The molecule has 1 atom stereocenters. The molecule has 1 aromatic carbocycles. The molecule has 0 amide bonds. The largest absolute Gasteiger partial charge is 0.299 e. The summed E-state index contributed by atoms with van der Waals surface area (Å²) in [5, 5.41) is 0. The predicted octanol–water partition coefficient (Wildman–Crippen LogP) is 2.01. The number of rotatable bonds is 2. The van der Waals surface area contributed by atoms with Gasteiger partial charge in [-0.2, -0.15) is 0 Å². The summed E-state index contributed by atoms with van der Waals surface area (Å²) in [7, 11) is 0. The smallest absolute Gasteiger partial charge is 0.181 e. The van der Waals surface area contributed by atoms with Gasteiger partial charge in [0.1, 0.15) is 11.7 Å². The van der Waals surface area contributed by atoms with Crippen LogP contribution < -0.4 is 0 Å². The molecule has 0 radical (unpaired) electrons. The summed E-state index contributed by atoms with van der Waals surface area (Å²) >= 11 is 0. The highest BCUT2D eigenvalue weighted by Gasteiger charge is 2.46. The fourth-order valence-electron chi connectivity index (χ4n) is 3.09. The van der Waals surface area contributed by atoms with Crippen LogP contribution in [0.5, 0.6) is 0 Å². The quantitative estimate of drug-likeness (QED) is 0.771. The maximum Gasteiger partial charge on any atom is 0.181 e. The molecule has 1 fully saturated rings. The van der Waals surface area contributed by atoms with Gasteiger partial charge in [0, 0.05) is 17.5 Å². The van der Waals surface area contributed by atoms with E-state index in [1.807, 2.05) is 0 Å². The lowest BCUT2D eigenvalue weighted by atomic mass is 9.79. The van der Waals surface area contributed by atoms with Crippen molar-refractivity contribution in [2.75, 3.05) is 0 Å². The molecule has 1 saturated carbocycles. The molecular weight excluding hydrogens is 256 g/mol. The van der Waals surface area contributed by atoms with Crippen molar-refractivity contribution < 1.29 is 19.2 Å². The van der Waals surface area contributed by atoms with Gasteiger partial charge in [-0.05, 0) is 12.8 Å². The van der Waals surface area contributed by atoms with Crippen molar-refractivity contribution in [1.82, 2.24) is 0 Å². The standard InChI is InChI=1S/C16H14O4/c17-12-8-4-3-7-11(12)16(20)13-14(18)9-5-1-2-6-10(9)15(13)19/h1-2,5-6,11,13H,3-4,7-8H2. The molecule has 0 bridgehead atoms. The van der Waals surface area contributed by atoms with E-state index in [9.17, 15) is 19.2 Å². The molecule has 2 aliphatic rings. The summed E-state index contributed by atoms with van der Waals surface area (Å²) in [6.45, 7) is 0. The highest BCUT2D eigenvalue weighted by molar-refractivity contribution is 6.37. The van der Waals surface area contributed by atoms with Crippen LogP contribution in [-0.2, 0) is 9.59 Å². The van der Waals surface area contributed by atoms with E-state index in [4.69, 9.17) is 0 Å². The van der Waals surface area contributed by atoms with Gasteiger partial charge in [-0.15, -0.1) is 0 Å². The van der Waals surface area contributed by atoms with Crippen LogP contribution in [0.25, 0.3) is 0 Å². The van der Waals surface area contributed by atoms with E-state index < -0.39 is 29.2 Å². The minimum absolute atomic E-state index is 0.127. The van der Waals surface area contributed by atoms with Gasteiger partial charge in [0.2, 0.25) is 0 Å². The zero-order chi connectivity index (χ0) is 14.3. The zero-order valence-electron chi connectivity index (χ0n) is 10.9. The molecule has 0 N–H and O–H groups in total. The minimum Gasteiger partial charge on any atom is -0.299 e. The van der Waals surface area contributed by atoms with Gasteiger partial charge in [-0.1, -0.05) is 30.7 Å². The maximum absolute atomic E-state index is 12.4. The normalized spacial score (nSPS) is 23.0. The predicted molar refractivity (Wildman–Crippen MR) is 70.6 cm³/mol. The molecule has 3 rings (SSSR count). The Hall–Kier alpha value is -2.10. The van der Waals surface area contributed by atoms with Crippen molar-refractivity contribution in [3.8, 4) is 0 Å². The lowest BCUT2D eigenvalue weighted by molar-refractivity contribution is -0.134. The van der Waals surface area contributed by atoms with Crippen molar-refractivity contribution in [3.63, 3.8) is 0 Å². The number of hydrogen-bond acceptors (Lipinski definition) is 4. The van der Waals surface area contributed by atoms with Gasteiger partial charge in [0.15, 0.2) is 17.3 Å². The molecular formula is C16H14O4. The molecule has 0 aliphatic heterocycles. The van der Waals surface area contributed by atoms with Crippen molar-refractivity contribution in [1.29, 1.82) is 0 Å². The average Bonchev–Trinajstić information content (AvgIpc) is 2.71. The number of fused-ring (bicyclic) bond motifs is 1. The first-order valence-corrected chi connectivity index (χ1v) is 6.85. The number of hydrogen-bond donors (Lipinski definition) is 0. The molecule has 20 heavy (non-hydrogen) atoms. The molecule has 4 nitrogen and oxygen atoms in total. The monoisotopic (exact) mass is 270 g/mol. The van der Waals surface area contributed by atoms with Crippen LogP contribution in [0.3, 0.4) is 0 Å². The third-order valence-electron chi connectivity index (χ3n) is 4.16. The van der Waals surface area contributed by atoms with Gasteiger partial charge < -0.3 is 0 Å². The van der Waals surface area contributed by atoms with Crippen LogP contribution in [-0.4, -0.2) is 23.1 Å².